The zero-order valence-corrected chi connectivity index (χ0v) is 7.23. The van der Waals surface area contributed by atoms with Gasteiger partial charge in [-0.3, -0.25) is 4.79 Å². The van der Waals surface area contributed by atoms with E-state index >= 15 is 0 Å². The molecular weight excluding hydrogens is 166 g/mol. The summed E-state index contributed by atoms with van der Waals surface area (Å²) in [6.45, 7) is 1.48. The van der Waals surface area contributed by atoms with Crippen molar-refractivity contribution in [2.45, 2.75) is 12.8 Å². The average molecular weight is 176 g/mol. The Morgan fingerprint density at radius 1 is 1.23 bits per heavy atom. The summed E-state index contributed by atoms with van der Waals surface area (Å²) in [7, 11) is 0. The molecule has 1 aliphatic heterocycles. The van der Waals surface area contributed by atoms with Gasteiger partial charge in [0.05, 0.1) is 0 Å². The smallest absolute Gasteiger partial charge is 0.225 e. The number of carbonyl (C=O) groups is 1. The molecule has 0 saturated carbocycles. The third kappa shape index (κ3) is 1.83. The van der Waals surface area contributed by atoms with Gasteiger partial charge in [-0.1, -0.05) is 0 Å². The summed E-state index contributed by atoms with van der Waals surface area (Å²) < 4.78 is 0. The van der Waals surface area contributed by atoms with E-state index in [1.54, 1.807) is 12.4 Å². The summed E-state index contributed by atoms with van der Waals surface area (Å²) >= 11 is 0. The summed E-state index contributed by atoms with van der Waals surface area (Å²) in [4.78, 5) is 21.1. The van der Waals surface area contributed by atoms with Crippen LogP contribution in [0.4, 0.5) is 5.95 Å². The molecule has 67 valence electrons. The van der Waals surface area contributed by atoms with Crippen molar-refractivity contribution in [1.29, 1.82) is 0 Å². The third-order valence-corrected chi connectivity index (χ3v) is 2.11. The lowest BCUT2D eigenvalue weighted by atomic mass is 10.1. The van der Waals surface area contributed by atoms with E-state index in [1.807, 2.05) is 4.90 Å². The van der Waals surface area contributed by atoms with Gasteiger partial charge < -0.3 is 4.90 Å². The molecule has 0 aromatic carbocycles. The number of hydrogen-bond donors (Lipinski definition) is 0. The van der Waals surface area contributed by atoms with Gasteiger partial charge in [-0.15, -0.1) is 0 Å². The maximum Gasteiger partial charge on any atom is 0.225 e. The number of hydrogen-bond acceptors (Lipinski definition) is 4. The Hall–Kier alpha value is -1.45. The average Bonchev–Trinajstić information content (AvgIpc) is 2.20. The minimum atomic E-state index is 0.332. The van der Waals surface area contributed by atoms with E-state index in [0.29, 0.717) is 24.6 Å². The second kappa shape index (κ2) is 3.51. The Bertz CT molecular complexity index is 289. The van der Waals surface area contributed by atoms with E-state index < -0.39 is 0 Å². The Kier molecular flexibility index (Phi) is 2.21. The van der Waals surface area contributed by atoms with Crippen molar-refractivity contribution in [3.8, 4) is 0 Å². The molecular formula is C9H10N3O. The lowest BCUT2D eigenvalue weighted by Gasteiger charge is -2.25. The SMILES string of the molecule is O=C1CCN(c2nc[c]cn2)CC1. The van der Waals surface area contributed by atoms with Crippen LogP contribution in [0.15, 0.2) is 12.4 Å². The van der Waals surface area contributed by atoms with Crippen molar-refractivity contribution < 1.29 is 4.79 Å². The van der Waals surface area contributed by atoms with Crippen molar-refractivity contribution in [3.63, 3.8) is 0 Å². The topological polar surface area (TPSA) is 46.1 Å². The Morgan fingerprint density at radius 3 is 2.46 bits per heavy atom. The Labute approximate surface area is 76.6 Å². The van der Waals surface area contributed by atoms with Gasteiger partial charge >= 0.3 is 0 Å². The molecule has 4 heteroatoms. The lowest BCUT2D eigenvalue weighted by molar-refractivity contribution is -0.119. The number of ketones is 1. The zero-order valence-electron chi connectivity index (χ0n) is 7.23. The van der Waals surface area contributed by atoms with E-state index in [4.69, 9.17) is 0 Å². The second-order valence-electron chi connectivity index (χ2n) is 3.01. The van der Waals surface area contributed by atoms with Gasteiger partial charge in [-0.05, 0) is 0 Å². The van der Waals surface area contributed by atoms with Crippen LogP contribution in [-0.2, 0) is 4.79 Å². The first-order valence-corrected chi connectivity index (χ1v) is 4.31. The Morgan fingerprint density at radius 2 is 1.85 bits per heavy atom. The molecule has 4 nitrogen and oxygen atoms in total. The molecule has 1 aliphatic rings. The molecule has 1 fully saturated rings. The number of carbonyl (C=O) groups excluding carboxylic acids is 1. The van der Waals surface area contributed by atoms with Gasteiger partial charge in [-0.25, -0.2) is 9.97 Å². The maximum absolute atomic E-state index is 11.0. The largest absolute Gasteiger partial charge is 0.340 e. The van der Waals surface area contributed by atoms with Crippen LogP contribution in [0.2, 0.25) is 0 Å². The number of anilines is 1. The highest BCUT2D eigenvalue weighted by Gasteiger charge is 2.17. The quantitative estimate of drug-likeness (QED) is 0.623. The molecule has 0 amide bonds. The molecule has 1 saturated heterocycles. The van der Waals surface area contributed by atoms with E-state index in [1.165, 1.54) is 0 Å². The molecule has 2 heterocycles. The molecule has 1 aromatic rings. The highest BCUT2D eigenvalue weighted by Crippen LogP contribution is 2.11. The molecule has 1 aromatic heterocycles. The van der Waals surface area contributed by atoms with Gasteiger partial charge in [0.2, 0.25) is 5.95 Å². The molecule has 0 atom stereocenters. The summed E-state index contributed by atoms with van der Waals surface area (Å²) in [5.74, 6) is 1.03. The molecule has 1 radical (unpaired) electrons. The molecule has 13 heavy (non-hydrogen) atoms. The summed E-state index contributed by atoms with van der Waals surface area (Å²) in [6, 6.07) is 2.76. The third-order valence-electron chi connectivity index (χ3n) is 2.11. The van der Waals surface area contributed by atoms with E-state index in [9.17, 15) is 4.79 Å². The first-order chi connectivity index (χ1) is 6.36. The van der Waals surface area contributed by atoms with Crippen LogP contribution < -0.4 is 4.90 Å². The molecule has 0 N–H and O–H groups in total. The fraction of sp³-hybridized carbons (Fsp3) is 0.444. The van der Waals surface area contributed by atoms with Crippen molar-refractivity contribution in [1.82, 2.24) is 9.97 Å². The van der Waals surface area contributed by atoms with Crippen LogP contribution in [0, 0.1) is 6.07 Å². The van der Waals surface area contributed by atoms with Gasteiger partial charge in [0.25, 0.3) is 0 Å². The van der Waals surface area contributed by atoms with Crippen LogP contribution in [0.3, 0.4) is 0 Å². The fourth-order valence-corrected chi connectivity index (χ4v) is 1.38. The fourth-order valence-electron chi connectivity index (χ4n) is 1.38. The molecule has 0 aliphatic carbocycles. The predicted molar refractivity (Wildman–Crippen MR) is 47.3 cm³/mol. The number of piperidine rings is 1. The standard InChI is InChI=1S/C9H10N3O/c13-8-2-6-12(7-3-8)9-10-4-1-5-11-9/h4-5H,2-3,6-7H2. The Balaban J connectivity index is 2.07. The zero-order chi connectivity index (χ0) is 9.10. The van der Waals surface area contributed by atoms with Gasteiger partial charge in [0.1, 0.15) is 5.78 Å². The van der Waals surface area contributed by atoms with Crippen LogP contribution >= 0.6 is 0 Å². The van der Waals surface area contributed by atoms with Gasteiger partial charge in [-0.2, -0.15) is 0 Å². The first-order valence-electron chi connectivity index (χ1n) is 4.31. The van der Waals surface area contributed by atoms with Crippen molar-refractivity contribution in [2.24, 2.45) is 0 Å². The van der Waals surface area contributed by atoms with Crippen molar-refractivity contribution in [3.05, 3.63) is 18.5 Å². The highest BCUT2D eigenvalue weighted by atomic mass is 16.1. The monoisotopic (exact) mass is 176 g/mol. The van der Waals surface area contributed by atoms with Crippen molar-refractivity contribution >= 4 is 11.7 Å². The van der Waals surface area contributed by atoms with Gasteiger partial charge in [0.15, 0.2) is 0 Å². The van der Waals surface area contributed by atoms with Crippen LogP contribution in [0.25, 0.3) is 0 Å². The normalized spacial score (nSPS) is 17.5. The summed E-state index contributed by atoms with van der Waals surface area (Å²) in [5, 5.41) is 0. The van der Waals surface area contributed by atoms with Crippen LogP contribution in [0.1, 0.15) is 12.8 Å². The number of Topliss-reactive ketones (excluding diaryl/α,β-unsaturated/α-hetero) is 1. The van der Waals surface area contributed by atoms with E-state index in [-0.39, 0.29) is 0 Å². The number of aromatic nitrogens is 2. The predicted octanol–water partition coefficient (Wildman–Crippen LogP) is 0.446. The second-order valence-corrected chi connectivity index (χ2v) is 3.01. The van der Waals surface area contributed by atoms with Crippen molar-refractivity contribution in [2.75, 3.05) is 18.0 Å². The number of nitrogens with zero attached hydrogens (tertiary/aromatic N) is 3. The van der Waals surface area contributed by atoms with Crippen LogP contribution in [-0.4, -0.2) is 28.8 Å². The highest BCUT2D eigenvalue weighted by molar-refractivity contribution is 5.80. The first kappa shape index (κ1) is 8.16. The molecule has 0 spiro atoms. The lowest BCUT2D eigenvalue weighted by Crippen LogP contribution is -2.34. The minimum absolute atomic E-state index is 0.332. The summed E-state index contributed by atoms with van der Waals surface area (Å²) in [5.41, 5.74) is 0. The molecule has 0 bridgehead atoms. The van der Waals surface area contributed by atoms with E-state index in [0.717, 1.165) is 13.1 Å². The van der Waals surface area contributed by atoms with Crippen LogP contribution in [0.5, 0.6) is 0 Å². The minimum Gasteiger partial charge on any atom is -0.340 e. The van der Waals surface area contributed by atoms with Gasteiger partial charge in [0, 0.05) is 44.4 Å². The molecule has 0 unspecified atom stereocenters. The molecule has 2 rings (SSSR count). The van der Waals surface area contributed by atoms with E-state index in [2.05, 4.69) is 16.0 Å². The maximum atomic E-state index is 11.0. The summed E-state index contributed by atoms with van der Waals surface area (Å²) in [6.07, 6.45) is 4.42. The number of rotatable bonds is 1.